The summed E-state index contributed by atoms with van der Waals surface area (Å²) in [5.74, 6) is 0.0724. The van der Waals surface area contributed by atoms with Crippen molar-refractivity contribution in [1.29, 1.82) is 0 Å². The number of carbonyl (C=O) groups excluding carboxylic acids is 1. The van der Waals surface area contributed by atoms with Crippen LogP contribution in [-0.4, -0.2) is 11.3 Å². The zero-order valence-corrected chi connectivity index (χ0v) is 10.4. The number of ketones is 1. The minimum atomic E-state index is 0. The van der Waals surface area contributed by atoms with Crippen molar-refractivity contribution in [2.24, 2.45) is 7.05 Å². The Hall–Kier alpha value is -0.750. The highest BCUT2D eigenvalue weighted by molar-refractivity contribution is 5.91. The third-order valence-corrected chi connectivity index (χ3v) is 1.51. The molecule has 0 bridgehead atoms. The number of aromatic nitrogens is 1. The second-order valence-electron chi connectivity index (χ2n) is 2.74. The zero-order valence-electron chi connectivity index (χ0n) is 8.20. The molecule has 1 aromatic heterocycles. The van der Waals surface area contributed by atoms with Gasteiger partial charge in [-0.15, -0.1) is 0 Å². The van der Waals surface area contributed by atoms with E-state index in [1.165, 1.54) is 0 Å². The molecule has 0 aliphatic carbocycles. The number of pyridine rings is 1. The van der Waals surface area contributed by atoms with Crippen LogP contribution in [0.4, 0.5) is 0 Å². The average molecular weight is 307 g/mol. The van der Waals surface area contributed by atoms with Crippen LogP contribution in [0.15, 0.2) is 30.6 Å². The van der Waals surface area contributed by atoms with Crippen molar-refractivity contribution in [3.8, 4) is 0 Å². The fraction of sp³-hybridized carbons (Fsp3) is 0.200. The summed E-state index contributed by atoms with van der Waals surface area (Å²) in [6.07, 6.45) is 7.26. The highest BCUT2D eigenvalue weighted by atomic mass is 127. The molecule has 0 saturated heterocycles. The van der Waals surface area contributed by atoms with Crippen molar-refractivity contribution in [2.75, 3.05) is 0 Å². The lowest BCUT2D eigenvalue weighted by Crippen LogP contribution is -3.00. The summed E-state index contributed by atoms with van der Waals surface area (Å²) in [5, 5.41) is 0. The second-order valence-corrected chi connectivity index (χ2v) is 2.74. The molecule has 78 valence electrons. The number of allylic oxidation sites excluding steroid dienone is 1. The average Bonchev–Trinajstić information content (AvgIpc) is 2.03. The number of rotatable bonds is 2. The van der Waals surface area contributed by atoms with Gasteiger partial charge in [0.15, 0.2) is 18.2 Å². The van der Waals surface area contributed by atoms with Gasteiger partial charge in [-0.1, -0.05) is 6.08 Å². The first-order valence-corrected chi connectivity index (χ1v) is 3.82. The fourth-order valence-corrected chi connectivity index (χ4v) is 0.837. The summed E-state index contributed by atoms with van der Waals surface area (Å²) >= 11 is 0. The maximum Gasteiger partial charge on any atom is 0.169 e. The van der Waals surface area contributed by atoms with Crippen LogP contribution in [-0.2, 0) is 11.8 Å². The van der Waals surface area contributed by atoms with E-state index in [1.54, 1.807) is 13.0 Å². The number of hydrogen-bond acceptors (Lipinski definition) is 1. The molecule has 0 saturated carbocycles. The molecule has 0 spiro atoms. The molecule has 0 aliphatic rings. The van der Waals surface area contributed by atoms with Crippen molar-refractivity contribution < 1.29 is 38.8 Å². The van der Waals surface area contributed by atoms with E-state index in [4.69, 9.17) is 0 Å². The molecule has 0 amide bonds. The topological polar surface area (TPSA) is 52.5 Å². The molecule has 0 radical (unpaired) electrons. The van der Waals surface area contributed by atoms with Crippen molar-refractivity contribution in [2.45, 2.75) is 6.92 Å². The largest absolute Gasteiger partial charge is 1.00 e. The standard InChI is InChI=1S/C10H12NO.HI.H2O/c1-9(12)3-4-10-5-7-11(2)8-6-10;;/h3-8H,1-2H3;1H;1H2/q+1;;/p-1/b4-3+;;. The van der Waals surface area contributed by atoms with E-state index in [0.717, 1.165) is 5.56 Å². The summed E-state index contributed by atoms with van der Waals surface area (Å²) in [6.45, 7) is 1.54. The van der Waals surface area contributed by atoms with E-state index >= 15 is 0 Å². The maximum absolute atomic E-state index is 10.6. The van der Waals surface area contributed by atoms with E-state index in [2.05, 4.69) is 0 Å². The first-order chi connectivity index (χ1) is 5.68. The smallest absolute Gasteiger partial charge is 0.169 e. The lowest BCUT2D eigenvalue weighted by atomic mass is 10.2. The maximum atomic E-state index is 10.6. The number of aryl methyl sites for hydroxylation is 1. The van der Waals surface area contributed by atoms with Gasteiger partial charge in [0, 0.05) is 12.1 Å². The first-order valence-electron chi connectivity index (χ1n) is 3.82. The van der Waals surface area contributed by atoms with Crippen molar-refractivity contribution >= 4 is 11.9 Å². The van der Waals surface area contributed by atoms with Gasteiger partial charge in [0.2, 0.25) is 0 Å². The van der Waals surface area contributed by atoms with E-state index in [-0.39, 0.29) is 35.2 Å². The SMILES string of the molecule is CC(=O)/C=C/c1cc[n+](C)cc1.O.[I-]. The Labute approximate surface area is 101 Å². The minimum absolute atomic E-state index is 0. The van der Waals surface area contributed by atoms with Crippen LogP contribution in [0.3, 0.4) is 0 Å². The van der Waals surface area contributed by atoms with E-state index in [0.29, 0.717) is 0 Å². The van der Waals surface area contributed by atoms with Gasteiger partial charge >= 0.3 is 0 Å². The summed E-state index contributed by atoms with van der Waals surface area (Å²) < 4.78 is 1.95. The molecule has 4 heteroatoms. The minimum Gasteiger partial charge on any atom is -1.00 e. The molecule has 14 heavy (non-hydrogen) atoms. The molecule has 0 atom stereocenters. The molecule has 2 N–H and O–H groups in total. The second kappa shape index (κ2) is 7.64. The molecule has 1 aromatic rings. The van der Waals surface area contributed by atoms with Crippen LogP contribution in [0.2, 0.25) is 0 Å². The lowest BCUT2D eigenvalue weighted by molar-refractivity contribution is -0.671. The number of halogens is 1. The van der Waals surface area contributed by atoms with Crippen LogP contribution >= 0.6 is 0 Å². The van der Waals surface area contributed by atoms with Crippen LogP contribution in [0, 0.1) is 0 Å². The molecular weight excluding hydrogens is 293 g/mol. The Bertz CT molecular complexity index is 306. The Balaban J connectivity index is 0. The predicted octanol–water partition coefficient (Wildman–Crippen LogP) is -2.71. The highest BCUT2D eigenvalue weighted by Gasteiger charge is 1.91. The third kappa shape index (κ3) is 5.82. The van der Waals surface area contributed by atoms with Crippen molar-refractivity contribution in [3.63, 3.8) is 0 Å². The van der Waals surface area contributed by atoms with Gasteiger partial charge in [-0.2, -0.15) is 0 Å². The fourth-order valence-electron chi connectivity index (χ4n) is 0.837. The van der Waals surface area contributed by atoms with Crippen LogP contribution in [0.1, 0.15) is 12.5 Å². The quantitative estimate of drug-likeness (QED) is 0.333. The van der Waals surface area contributed by atoms with Gasteiger partial charge in [0.25, 0.3) is 0 Å². The number of carbonyl (C=O) groups is 1. The van der Waals surface area contributed by atoms with Gasteiger partial charge in [0.1, 0.15) is 7.05 Å². The molecule has 0 unspecified atom stereocenters. The first kappa shape index (κ1) is 15.7. The summed E-state index contributed by atoms with van der Waals surface area (Å²) in [6, 6.07) is 3.92. The molecule has 0 aromatic carbocycles. The monoisotopic (exact) mass is 307 g/mol. The summed E-state index contributed by atoms with van der Waals surface area (Å²) in [5.41, 5.74) is 1.04. The van der Waals surface area contributed by atoms with Gasteiger partial charge in [0.05, 0.1) is 0 Å². The molecule has 1 heterocycles. The highest BCUT2D eigenvalue weighted by Crippen LogP contribution is 1.97. The molecule has 0 fully saturated rings. The Morgan fingerprint density at radius 1 is 1.36 bits per heavy atom. The number of hydrogen-bond donors (Lipinski definition) is 0. The van der Waals surface area contributed by atoms with Gasteiger partial charge < -0.3 is 29.5 Å². The normalized spacial score (nSPS) is 9.00. The summed E-state index contributed by atoms with van der Waals surface area (Å²) in [4.78, 5) is 10.6. The third-order valence-electron chi connectivity index (χ3n) is 1.51. The zero-order chi connectivity index (χ0) is 8.97. The van der Waals surface area contributed by atoms with Crippen LogP contribution < -0.4 is 28.5 Å². The Morgan fingerprint density at radius 3 is 2.29 bits per heavy atom. The van der Waals surface area contributed by atoms with Crippen molar-refractivity contribution in [1.82, 2.24) is 0 Å². The van der Waals surface area contributed by atoms with Gasteiger partial charge in [-0.25, -0.2) is 4.57 Å². The van der Waals surface area contributed by atoms with E-state index < -0.39 is 0 Å². The molecule has 3 nitrogen and oxygen atoms in total. The Kier molecular flexibility index (Phi) is 8.57. The van der Waals surface area contributed by atoms with Crippen molar-refractivity contribution in [3.05, 3.63) is 36.2 Å². The van der Waals surface area contributed by atoms with Crippen LogP contribution in [0.25, 0.3) is 6.08 Å². The van der Waals surface area contributed by atoms with Gasteiger partial charge in [-0.05, 0) is 18.6 Å². The molecular formula is C10H14INO2. The Morgan fingerprint density at radius 2 is 1.86 bits per heavy atom. The summed E-state index contributed by atoms with van der Waals surface area (Å²) in [7, 11) is 1.96. The van der Waals surface area contributed by atoms with E-state index in [9.17, 15) is 4.79 Å². The molecule has 0 aliphatic heterocycles. The van der Waals surface area contributed by atoms with Crippen LogP contribution in [0.5, 0.6) is 0 Å². The lowest BCUT2D eigenvalue weighted by Gasteiger charge is -1.89. The predicted molar refractivity (Wildman–Crippen MR) is 50.9 cm³/mol. The number of nitrogens with zero attached hydrogens (tertiary/aromatic N) is 1. The van der Waals surface area contributed by atoms with E-state index in [1.807, 2.05) is 42.2 Å². The molecule has 1 rings (SSSR count). The van der Waals surface area contributed by atoms with Gasteiger partial charge in [-0.3, -0.25) is 4.79 Å².